The van der Waals surface area contributed by atoms with Gasteiger partial charge in [-0.1, -0.05) is 60.1 Å². The van der Waals surface area contributed by atoms with Gasteiger partial charge in [0.25, 0.3) is 23.4 Å². The van der Waals surface area contributed by atoms with E-state index in [1.807, 2.05) is 48.5 Å². The van der Waals surface area contributed by atoms with Crippen molar-refractivity contribution in [3.05, 3.63) is 146 Å². The molecule has 1 fully saturated rings. The summed E-state index contributed by atoms with van der Waals surface area (Å²) in [6.45, 7) is 0. The number of hydrogen-bond acceptors (Lipinski definition) is 6. The van der Waals surface area contributed by atoms with Crippen LogP contribution in [0.5, 0.6) is 0 Å². The normalized spacial score (nSPS) is 21.3. The lowest BCUT2D eigenvalue weighted by molar-refractivity contribution is -0.384. The Morgan fingerprint density at radius 2 is 1.22 bits per heavy atom. The Morgan fingerprint density at radius 1 is 0.761 bits per heavy atom. The van der Waals surface area contributed by atoms with Gasteiger partial charge in [0, 0.05) is 46.0 Å². The lowest BCUT2D eigenvalue weighted by Crippen LogP contribution is -2.57. The molecule has 0 radical (unpaired) electrons. The van der Waals surface area contributed by atoms with Gasteiger partial charge in [-0.15, -0.1) is 11.6 Å². The highest BCUT2D eigenvalue weighted by atomic mass is 35.5. The van der Waals surface area contributed by atoms with E-state index >= 15 is 0 Å². The van der Waals surface area contributed by atoms with Gasteiger partial charge in [-0.3, -0.25) is 29.3 Å². The second kappa shape index (κ2) is 11.5. The molecule has 0 N–H and O–H groups in total. The molecule has 4 aromatic carbocycles. The van der Waals surface area contributed by atoms with E-state index in [4.69, 9.17) is 23.2 Å². The quantitative estimate of drug-likeness (QED) is 0.0716. The highest BCUT2D eigenvalue weighted by Gasteiger charge is 2.63. The van der Waals surface area contributed by atoms with Crippen LogP contribution in [0.4, 0.5) is 5.69 Å². The van der Waals surface area contributed by atoms with Crippen LogP contribution in [0.3, 0.4) is 0 Å². The molecule has 9 nitrogen and oxygen atoms in total. The van der Waals surface area contributed by atoms with E-state index in [1.165, 1.54) is 36.4 Å². The van der Waals surface area contributed by atoms with Crippen LogP contribution in [0, 0.1) is 22.0 Å². The maximum atomic E-state index is 14.7. The van der Waals surface area contributed by atoms with Crippen molar-refractivity contribution in [2.24, 2.45) is 11.8 Å². The van der Waals surface area contributed by atoms with Crippen molar-refractivity contribution in [1.82, 2.24) is 10.0 Å². The molecule has 46 heavy (non-hydrogen) atoms. The third-order valence-electron chi connectivity index (χ3n) is 9.28. The number of non-ortho nitro benzene ring substituents is 1. The first-order chi connectivity index (χ1) is 22.2. The van der Waals surface area contributed by atoms with Gasteiger partial charge in [0.1, 0.15) is 6.04 Å². The summed E-state index contributed by atoms with van der Waals surface area (Å²) in [6, 6.07) is 25.0. The van der Waals surface area contributed by atoms with Gasteiger partial charge in [0.2, 0.25) is 0 Å². The number of hydrogen-bond donors (Lipinski definition) is 0. The summed E-state index contributed by atoms with van der Waals surface area (Å²) in [6.07, 6.45) is -0.0819. The Balaban J connectivity index is 1.37. The summed E-state index contributed by atoms with van der Waals surface area (Å²) >= 11 is 12.3. The number of Topliss-reactive ketones (excluding diaryl/α,β-unsaturated/α-hetero) is 1. The van der Waals surface area contributed by atoms with Crippen LogP contribution in [-0.4, -0.2) is 50.4 Å². The first-order valence-corrected chi connectivity index (χ1v) is 15.6. The maximum Gasteiger partial charge on any atom is 0.273 e. The number of ketones is 1. The highest BCUT2D eigenvalue weighted by molar-refractivity contribution is 6.30. The smallest absolute Gasteiger partial charge is 0.273 e. The lowest BCUT2D eigenvalue weighted by atomic mass is 9.55. The van der Waals surface area contributed by atoms with Crippen LogP contribution in [0.2, 0.25) is 5.02 Å². The maximum absolute atomic E-state index is 14.7. The molecule has 3 amide bonds. The van der Waals surface area contributed by atoms with E-state index in [9.17, 15) is 29.3 Å². The zero-order valence-corrected chi connectivity index (χ0v) is 25.6. The minimum Gasteiger partial charge on any atom is -0.292 e. The number of carbonyl (C=O) groups is 4. The molecule has 230 valence electrons. The van der Waals surface area contributed by atoms with Crippen molar-refractivity contribution in [1.29, 1.82) is 0 Å². The number of rotatable bonds is 8. The van der Waals surface area contributed by atoms with Gasteiger partial charge in [-0.25, -0.2) is 5.01 Å². The van der Waals surface area contributed by atoms with Crippen LogP contribution in [-0.2, 0) is 9.59 Å². The van der Waals surface area contributed by atoms with Gasteiger partial charge in [-0.05, 0) is 65.1 Å². The Morgan fingerprint density at radius 3 is 1.65 bits per heavy atom. The molecular weight excluding hydrogens is 629 g/mol. The fraction of sp³-hybridized carbons (Fsp3) is 0.200. The topological polar surface area (TPSA) is 118 Å². The van der Waals surface area contributed by atoms with Crippen LogP contribution in [0.25, 0.3) is 0 Å². The largest absolute Gasteiger partial charge is 0.292 e. The predicted octanol–water partition coefficient (Wildman–Crippen LogP) is 6.38. The third-order valence-corrected chi connectivity index (χ3v) is 9.75. The minimum atomic E-state index is -1.35. The number of hydrazine groups is 1. The number of carbonyl (C=O) groups excluding carboxylic acids is 4. The first-order valence-electron chi connectivity index (χ1n) is 14.7. The van der Waals surface area contributed by atoms with E-state index in [0.29, 0.717) is 5.02 Å². The van der Waals surface area contributed by atoms with Crippen LogP contribution >= 0.6 is 23.2 Å². The highest BCUT2D eigenvalue weighted by Crippen LogP contribution is 2.61. The van der Waals surface area contributed by atoms with E-state index in [2.05, 4.69) is 0 Å². The van der Waals surface area contributed by atoms with Gasteiger partial charge < -0.3 is 0 Å². The summed E-state index contributed by atoms with van der Waals surface area (Å²) < 4.78 is 0. The fourth-order valence-corrected chi connectivity index (χ4v) is 7.71. The molecule has 0 unspecified atom stereocenters. The second-order valence-corrected chi connectivity index (χ2v) is 12.4. The minimum absolute atomic E-state index is 0.0425. The molecule has 0 aromatic heterocycles. The average Bonchev–Trinajstić information content (AvgIpc) is 3.34. The van der Waals surface area contributed by atoms with Gasteiger partial charge in [-0.2, -0.15) is 5.01 Å². The molecule has 1 heterocycles. The number of amides is 3. The van der Waals surface area contributed by atoms with Gasteiger partial charge >= 0.3 is 0 Å². The van der Waals surface area contributed by atoms with Crippen molar-refractivity contribution in [2.45, 2.75) is 24.3 Å². The molecule has 1 aliphatic heterocycles. The number of alkyl halides is 1. The molecule has 4 aromatic rings. The molecular formula is C35H25Cl2N3O6. The number of nitro groups is 1. The molecule has 0 saturated carbocycles. The monoisotopic (exact) mass is 653 g/mol. The average molecular weight is 655 g/mol. The zero-order chi connectivity index (χ0) is 32.3. The summed E-state index contributed by atoms with van der Waals surface area (Å²) in [5, 5.41) is 13.5. The fourth-order valence-electron chi connectivity index (χ4n) is 7.38. The van der Waals surface area contributed by atoms with Crippen molar-refractivity contribution in [3.63, 3.8) is 0 Å². The van der Waals surface area contributed by atoms with Crippen molar-refractivity contribution >= 4 is 52.4 Å². The number of halogens is 2. The summed E-state index contributed by atoms with van der Waals surface area (Å²) in [7, 11) is 0. The van der Waals surface area contributed by atoms with Gasteiger partial charge in [0.05, 0.1) is 16.8 Å². The Hall–Kier alpha value is -4.86. The lowest BCUT2D eigenvalue weighted by Gasteiger charge is -2.45. The molecule has 1 saturated heterocycles. The van der Waals surface area contributed by atoms with Crippen molar-refractivity contribution in [3.8, 4) is 0 Å². The molecule has 11 heteroatoms. The van der Waals surface area contributed by atoms with Crippen LogP contribution in [0.15, 0.2) is 97.1 Å². The van der Waals surface area contributed by atoms with Crippen LogP contribution in [0.1, 0.15) is 61.2 Å². The Bertz CT molecular complexity index is 1810. The van der Waals surface area contributed by atoms with Crippen molar-refractivity contribution in [2.75, 3.05) is 5.88 Å². The number of benzene rings is 4. The molecule has 4 aliphatic rings. The second-order valence-electron chi connectivity index (χ2n) is 11.6. The van der Waals surface area contributed by atoms with E-state index < -0.39 is 58.1 Å². The summed E-state index contributed by atoms with van der Waals surface area (Å²) in [5.41, 5.74) is 3.74. The predicted molar refractivity (Wildman–Crippen MR) is 170 cm³/mol. The SMILES string of the molecule is O=C(c1ccc(Cl)cc1)[C@H](CCCl)N(C(=O)c1ccc([N+](=O)[O-])cc1)N1C(=O)[C@@H]2C3c4ccccc4C(c4ccccc43)[C@H]2C1=O. The number of nitro benzene ring substituents is 1. The Labute approximate surface area is 273 Å². The van der Waals surface area contributed by atoms with Crippen LogP contribution < -0.4 is 0 Å². The summed E-state index contributed by atoms with van der Waals surface area (Å²) in [4.78, 5) is 68.6. The van der Waals surface area contributed by atoms with E-state index in [1.54, 1.807) is 0 Å². The number of imide groups is 1. The first kappa shape index (κ1) is 29.8. The molecule has 3 aliphatic carbocycles. The molecule has 0 spiro atoms. The van der Waals surface area contributed by atoms with Crippen molar-refractivity contribution < 1.29 is 24.1 Å². The van der Waals surface area contributed by atoms with Gasteiger partial charge in [0.15, 0.2) is 5.78 Å². The molecule has 8 rings (SSSR count). The molecule has 2 bridgehead atoms. The van der Waals surface area contributed by atoms with E-state index in [0.717, 1.165) is 44.4 Å². The molecule has 3 atom stereocenters. The Kier molecular flexibility index (Phi) is 7.45. The number of nitrogens with zero attached hydrogens (tertiary/aromatic N) is 3. The van der Waals surface area contributed by atoms with E-state index in [-0.39, 0.29) is 29.1 Å². The zero-order valence-electron chi connectivity index (χ0n) is 24.1. The standard InChI is InChI=1S/C35H25Cl2N3O6/c36-18-17-27(32(41)19-9-13-21(37)14-10-19)38(33(42)20-11-15-22(16-12-20)40(45)46)39-34(43)30-28-23-5-1-2-6-24(23)29(31(30)35(39)44)26-8-4-3-7-25(26)28/h1-16,27-31H,17-18H2/t27-,28?,29?,30+,31+/m0/s1. The third kappa shape index (κ3) is 4.53. The summed E-state index contributed by atoms with van der Waals surface area (Å²) in [5.74, 6) is -5.11.